The zero-order chi connectivity index (χ0) is 17.2. The van der Waals surface area contributed by atoms with Gasteiger partial charge in [0.15, 0.2) is 0 Å². The Bertz CT molecular complexity index is 632. The third-order valence-electron chi connectivity index (χ3n) is 9.83. The molecule has 0 aliphatic heterocycles. The van der Waals surface area contributed by atoms with Crippen molar-refractivity contribution in [2.75, 3.05) is 0 Å². The maximum Gasteiger partial charge on any atom is 0.0946 e. The van der Waals surface area contributed by atoms with E-state index in [-0.39, 0.29) is 6.10 Å². The molecule has 0 aromatic carbocycles. The zero-order valence-corrected chi connectivity index (χ0v) is 15.7. The standard InChI is InChI=1S/C23H33NO/c1-22-11-8-17(25)13-16(22)4-5-18-20(22)9-12-23-10-2-3-15(14-24)19(23)6-7-21(18)23/h3,16-21,25H,2,4-13H2,1H3/t16-,17+,18?,19?,20?,21?,22-,23?/m0/s1. The molecule has 8 atom stereocenters. The molecule has 5 rings (SSSR count). The fraction of sp³-hybridized carbons (Fsp3) is 0.870. The van der Waals surface area contributed by atoms with E-state index in [4.69, 9.17) is 0 Å². The lowest BCUT2D eigenvalue weighted by Crippen LogP contribution is -2.54. The SMILES string of the molecule is C[C@]12CC[C@@H](O)C[C@@H]1CCC1C3CCC4C(C#N)=CCCC43CCC12. The fourth-order valence-electron chi connectivity index (χ4n) is 8.76. The van der Waals surface area contributed by atoms with Gasteiger partial charge in [-0.15, -0.1) is 0 Å². The van der Waals surface area contributed by atoms with E-state index in [9.17, 15) is 10.4 Å². The Morgan fingerprint density at radius 2 is 1.92 bits per heavy atom. The summed E-state index contributed by atoms with van der Waals surface area (Å²) in [5.41, 5.74) is 2.08. The molecule has 0 radical (unpaired) electrons. The molecule has 0 saturated heterocycles. The summed E-state index contributed by atoms with van der Waals surface area (Å²) >= 11 is 0. The number of fused-ring (bicyclic) bond motifs is 4. The lowest BCUT2D eigenvalue weighted by atomic mass is 9.43. The minimum absolute atomic E-state index is 0.0397. The maximum atomic E-state index is 10.2. The van der Waals surface area contributed by atoms with Gasteiger partial charge in [0.05, 0.1) is 12.2 Å². The lowest BCUT2D eigenvalue weighted by molar-refractivity contribution is -0.130. The Morgan fingerprint density at radius 1 is 1.04 bits per heavy atom. The Kier molecular flexibility index (Phi) is 3.66. The molecule has 5 unspecified atom stereocenters. The summed E-state index contributed by atoms with van der Waals surface area (Å²) < 4.78 is 0. The van der Waals surface area contributed by atoms with Gasteiger partial charge < -0.3 is 5.11 Å². The van der Waals surface area contributed by atoms with Crippen LogP contribution in [0.3, 0.4) is 0 Å². The molecule has 1 spiro atoms. The highest BCUT2D eigenvalue weighted by atomic mass is 16.3. The Morgan fingerprint density at radius 3 is 2.76 bits per heavy atom. The topological polar surface area (TPSA) is 44.0 Å². The van der Waals surface area contributed by atoms with E-state index >= 15 is 0 Å². The predicted molar refractivity (Wildman–Crippen MR) is 98.5 cm³/mol. The van der Waals surface area contributed by atoms with Crippen LogP contribution in [0, 0.1) is 51.8 Å². The average molecular weight is 340 g/mol. The van der Waals surface area contributed by atoms with Gasteiger partial charge in [-0.3, -0.25) is 0 Å². The first-order valence-electron chi connectivity index (χ1n) is 10.9. The highest BCUT2D eigenvalue weighted by molar-refractivity contribution is 5.32. The number of nitrogens with zero attached hydrogens (tertiary/aromatic N) is 1. The Labute approximate surface area is 152 Å². The minimum Gasteiger partial charge on any atom is -0.393 e. The average Bonchev–Trinajstić information content (AvgIpc) is 3.02. The van der Waals surface area contributed by atoms with Gasteiger partial charge >= 0.3 is 0 Å². The van der Waals surface area contributed by atoms with E-state index in [0.29, 0.717) is 16.7 Å². The molecule has 4 fully saturated rings. The summed E-state index contributed by atoms with van der Waals surface area (Å²) in [5.74, 6) is 3.98. The number of allylic oxidation sites excluding steroid dienone is 2. The van der Waals surface area contributed by atoms with E-state index in [1.165, 1.54) is 51.4 Å². The summed E-state index contributed by atoms with van der Waals surface area (Å²) in [6, 6.07) is 2.57. The Balaban J connectivity index is 1.46. The van der Waals surface area contributed by atoms with Gasteiger partial charge in [-0.1, -0.05) is 13.0 Å². The predicted octanol–water partition coefficient (Wildman–Crippen LogP) is 5.23. The largest absolute Gasteiger partial charge is 0.393 e. The number of hydrogen-bond acceptors (Lipinski definition) is 2. The second kappa shape index (κ2) is 5.59. The second-order valence-electron chi connectivity index (χ2n) is 10.3. The van der Waals surface area contributed by atoms with Crippen LogP contribution < -0.4 is 0 Å². The van der Waals surface area contributed by atoms with Crippen molar-refractivity contribution in [3.8, 4) is 6.07 Å². The lowest BCUT2D eigenvalue weighted by Gasteiger charge is -2.62. The van der Waals surface area contributed by atoms with Gasteiger partial charge in [0, 0.05) is 5.57 Å². The molecule has 0 bridgehead atoms. The van der Waals surface area contributed by atoms with Crippen molar-refractivity contribution in [1.82, 2.24) is 0 Å². The van der Waals surface area contributed by atoms with Crippen LogP contribution in [0.2, 0.25) is 0 Å². The number of nitriles is 1. The molecule has 0 aromatic rings. The molecule has 2 nitrogen and oxygen atoms in total. The van der Waals surface area contributed by atoms with Crippen molar-refractivity contribution in [2.45, 2.75) is 83.7 Å². The van der Waals surface area contributed by atoms with Crippen LogP contribution in [0.15, 0.2) is 11.6 Å². The third kappa shape index (κ3) is 2.11. The van der Waals surface area contributed by atoms with Gasteiger partial charge in [-0.25, -0.2) is 0 Å². The summed E-state index contributed by atoms with van der Waals surface area (Å²) in [4.78, 5) is 0. The van der Waals surface area contributed by atoms with Crippen molar-refractivity contribution in [3.05, 3.63) is 11.6 Å². The monoisotopic (exact) mass is 339 g/mol. The molecule has 136 valence electrons. The number of aliphatic hydroxyl groups excluding tert-OH is 1. The molecule has 2 heteroatoms. The molecule has 0 aromatic heterocycles. The van der Waals surface area contributed by atoms with Crippen molar-refractivity contribution in [2.24, 2.45) is 40.4 Å². The van der Waals surface area contributed by atoms with Crippen LogP contribution in [0.1, 0.15) is 77.6 Å². The van der Waals surface area contributed by atoms with Gasteiger partial charge in [-0.05, 0) is 111 Å². The maximum absolute atomic E-state index is 10.2. The van der Waals surface area contributed by atoms with Crippen molar-refractivity contribution < 1.29 is 5.11 Å². The number of hydrogen-bond donors (Lipinski definition) is 1. The molecule has 4 saturated carbocycles. The van der Waals surface area contributed by atoms with Gasteiger partial charge in [0.1, 0.15) is 0 Å². The normalized spacial score (nSPS) is 54.4. The van der Waals surface area contributed by atoms with Crippen LogP contribution in [-0.4, -0.2) is 11.2 Å². The van der Waals surface area contributed by atoms with E-state index < -0.39 is 0 Å². The summed E-state index contributed by atoms with van der Waals surface area (Å²) in [6.45, 7) is 2.58. The molecule has 25 heavy (non-hydrogen) atoms. The van der Waals surface area contributed by atoms with Gasteiger partial charge in [0.2, 0.25) is 0 Å². The molecule has 5 aliphatic rings. The van der Waals surface area contributed by atoms with Crippen molar-refractivity contribution in [1.29, 1.82) is 5.26 Å². The van der Waals surface area contributed by atoms with Crippen molar-refractivity contribution in [3.63, 3.8) is 0 Å². The summed E-state index contributed by atoms with van der Waals surface area (Å²) in [5, 5.41) is 19.8. The number of rotatable bonds is 0. The molecule has 1 N–H and O–H groups in total. The van der Waals surface area contributed by atoms with Gasteiger partial charge in [-0.2, -0.15) is 5.26 Å². The molecular formula is C23H33NO. The smallest absolute Gasteiger partial charge is 0.0946 e. The van der Waals surface area contributed by atoms with Crippen LogP contribution in [0.5, 0.6) is 0 Å². The van der Waals surface area contributed by atoms with E-state index in [0.717, 1.165) is 48.5 Å². The zero-order valence-electron chi connectivity index (χ0n) is 15.7. The first-order chi connectivity index (χ1) is 12.1. The van der Waals surface area contributed by atoms with E-state index in [1.807, 2.05) is 0 Å². The fourth-order valence-corrected chi connectivity index (χ4v) is 8.76. The van der Waals surface area contributed by atoms with Gasteiger partial charge in [0.25, 0.3) is 0 Å². The quantitative estimate of drug-likeness (QED) is 0.656. The molecule has 0 heterocycles. The highest BCUT2D eigenvalue weighted by Gasteiger charge is 2.62. The van der Waals surface area contributed by atoms with Crippen LogP contribution in [-0.2, 0) is 0 Å². The molecular weight excluding hydrogens is 306 g/mol. The second-order valence-corrected chi connectivity index (χ2v) is 10.3. The van der Waals surface area contributed by atoms with Crippen LogP contribution in [0.4, 0.5) is 0 Å². The van der Waals surface area contributed by atoms with Crippen molar-refractivity contribution >= 4 is 0 Å². The molecule has 5 aliphatic carbocycles. The van der Waals surface area contributed by atoms with E-state index in [1.54, 1.807) is 0 Å². The van der Waals surface area contributed by atoms with Crippen LogP contribution in [0.25, 0.3) is 0 Å². The Hall–Kier alpha value is -0.810. The molecule has 0 amide bonds. The van der Waals surface area contributed by atoms with E-state index in [2.05, 4.69) is 19.1 Å². The summed E-state index contributed by atoms with van der Waals surface area (Å²) in [7, 11) is 0. The number of aliphatic hydroxyl groups is 1. The minimum atomic E-state index is -0.0397. The first kappa shape index (κ1) is 16.4. The van der Waals surface area contributed by atoms with Crippen LogP contribution >= 0.6 is 0 Å². The highest BCUT2D eigenvalue weighted by Crippen LogP contribution is 2.70. The summed E-state index contributed by atoms with van der Waals surface area (Å²) in [6.07, 6.45) is 16.1. The third-order valence-corrected chi connectivity index (χ3v) is 9.83. The first-order valence-corrected chi connectivity index (χ1v) is 10.9.